The van der Waals surface area contributed by atoms with Crippen molar-refractivity contribution in [2.24, 2.45) is 0 Å². The minimum atomic E-state index is -0.386. The van der Waals surface area contributed by atoms with Gasteiger partial charge in [-0.15, -0.1) is 0 Å². The lowest BCUT2D eigenvalue weighted by molar-refractivity contribution is -0.129. The van der Waals surface area contributed by atoms with Crippen molar-refractivity contribution in [2.45, 2.75) is 16.7 Å². The van der Waals surface area contributed by atoms with E-state index in [1.165, 1.54) is 23.9 Å². The number of piperazine rings is 1. The Bertz CT molecular complexity index is 798. The number of amides is 1. The van der Waals surface area contributed by atoms with Crippen LogP contribution in [0.25, 0.3) is 0 Å². The Morgan fingerprint density at radius 3 is 2.64 bits per heavy atom. The molecule has 0 bridgehead atoms. The predicted octanol–water partition coefficient (Wildman–Crippen LogP) is 2.67. The highest BCUT2D eigenvalue weighted by molar-refractivity contribution is 7.99. The fourth-order valence-corrected chi connectivity index (χ4v) is 3.77. The molecule has 3 rings (SSSR count). The van der Waals surface area contributed by atoms with Gasteiger partial charge in [-0.2, -0.15) is 4.98 Å². The van der Waals surface area contributed by atoms with Gasteiger partial charge >= 0.3 is 0 Å². The van der Waals surface area contributed by atoms with Gasteiger partial charge in [0.05, 0.1) is 9.92 Å². The highest BCUT2D eigenvalue weighted by Crippen LogP contribution is 2.38. The molecule has 0 radical (unpaired) electrons. The molecule has 1 aliphatic rings. The Labute approximate surface area is 154 Å². The fraction of sp³-hybridized carbons (Fsp3) is 0.312. The summed E-state index contributed by atoms with van der Waals surface area (Å²) in [5, 5.41) is 0.328. The van der Waals surface area contributed by atoms with E-state index in [1.54, 1.807) is 24.1 Å². The van der Waals surface area contributed by atoms with Crippen LogP contribution in [0.5, 0.6) is 0 Å². The molecule has 0 saturated carbocycles. The summed E-state index contributed by atoms with van der Waals surface area (Å²) in [7, 11) is 0. The van der Waals surface area contributed by atoms with Gasteiger partial charge in [0.1, 0.15) is 11.6 Å². The van der Waals surface area contributed by atoms with Gasteiger partial charge in [0.25, 0.3) is 0 Å². The molecule has 1 aromatic carbocycles. The maximum atomic E-state index is 13.2. The van der Waals surface area contributed by atoms with Crippen LogP contribution in [0.2, 0.25) is 5.02 Å². The minimum absolute atomic E-state index is 0.0644. The normalized spacial score (nSPS) is 14.7. The van der Waals surface area contributed by atoms with Crippen molar-refractivity contribution in [2.75, 3.05) is 36.8 Å². The number of hydrogen-bond donors (Lipinski definition) is 1. The number of nitrogen functional groups attached to an aromatic ring is 1. The van der Waals surface area contributed by atoms with Crippen molar-refractivity contribution in [3.63, 3.8) is 0 Å². The Morgan fingerprint density at radius 1 is 1.28 bits per heavy atom. The molecule has 132 valence electrons. The van der Waals surface area contributed by atoms with Crippen molar-refractivity contribution < 1.29 is 9.18 Å². The molecular formula is C16H17ClFN5OS. The number of rotatable bonds is 3. The number of anilines is 2. The van der Waals surface area contributed by atoms with Crippen LogP contribution < -0.4 is 10.6 Å². The van der Waals surface area contributed by atoms with Crippen molar-refractivity contribution in [3.05, 3.63) is 35.2 Å². The SMILES string of the molecule is CC(=O)N1CCN(c2nc(N)ncc2Sc2ccc(F)cc2Cl)CC1. The van der Waals surface area contributed by atoms with Crippen molar-refractivity contribution in [1.82, 2.24) is 14.9 Å². The summed E-state index contributed by atoms with van der Waals surface area (Å²) in [4.78, 5) is 25.2. The number of halogens is 2. The Balaban J connectivity index is 1.85. The van der Waals surface area contributed by atoms with Crippen molar-refractivity contribution >= 4 is 41.0 Å². The largest absolute Gasteiger partial charge is 0.368 e. The molecular weight excluding hydrogens is 365 g/mol. The topological polar surface area (TPSA) is 75.4 Å². The van der Waals surface area contributed by atoms with Gasteiger partial charge < -0.3 is 15.5 Å². The minimum Gasteiger partial charge on any atom is -0.368 e. The van der Waals surface area contributed by atoms with E-state index in [0.717, 1.165) is 4.90 Å². The summed E-state index contributed by atoms with van der Waals surface area (Å²) in [5.74, 6) is 0.553. The average Bonchev–Trinajstić information content (AvgIpc) is 2.59. The zero-order valence-corrected chi connectivity index (χ0v) is 15.1. The molecule has 0 unspecified atom stereocenters. The van der Waals surface area contributed by atoms with Gasteiger partial charge in [-0.05, 0) is 18.2 Å². The van der Waals surface area contributed by atoms with Crippen LogP contribution in [-0.2, 0) is 4.79 Å². The zero-order valence-electron chi connectivity index (χ0n) is 13.6. The second-order valence-electron chi connectivity index (χ2n) is 5.59. The first-order valence-corrected chi connectivity index (χ1v) is 8.89. The first kappa shape index (κ1) is 17.8. The molecule has 1 amide bonds. The van der Waals surface area contributed by atoms with Crippen LogP contribution in [0.15, 0.2) is 34.2 Å². The van der Waals surface area contributed by atoms with Gasteiger partial charge in [-0.25, -0.2) is 9.37 Å². The maximum absolute atomic E-state index is 13.2. The lowest BCUT2D eigenvalue weighted by Crippen LogP contribution is -2.48. The third-order valence-corrected chi connectivity index (χ3v) is 5.40. The Hall–Kier alpha value is -2.06. The van der Waals surface area contributed by atoms with Crippen molar-refractivity contribution in [3.8, 4) is 0 Å². The van der Waals surface area contributed by atoms with E-state index in [4.69, 9.17) is 17.3 Å². The maximum Gasteiger partial charge on any atom is 0.222 e. The first-order chi connectivity index (χ1) is 11.9. The Kier molecular flexibility index (Phi) is 5.29. The van der Waals surface area contributed by atoms with E-state index in [-0.39, 0.29) is 17.7 Å². The van der Waals surface area contributed by atoms with Gasteiger partial charge in [-0.1, -0.05) is 23.4 Å². The smallest absolute Gasteiger partial charge is 0.222 e. The average molecular weight is 382 g/mol. The number of aromatic nitrogens is 2. The van der Waals surface area contributed by atoms with E-state index in [0.29, 0.717) is 41.9 Å². The quantitative estimate of drug-likeness (QED) is 0.881. The summed E-state index contributed by atoms with van der Waals surface area (Å²) in [6.07, 6.45) is 1.64. The molecule has 0 atom stereocenters. The summed E-state index contributed by atoms with van der Waals surface area (Å²) in [6, 6.07) is 4.25. The molecule has 1 aliphatic heterocycles. The molecule has 1 fully saturated rings. The van der Waals surface area contributed by atoms with E-state index >= 15 is 0 Å². The van der Waals surface area contributed by atoms with Crippen molar-refractivity contribution in [1.29, 1.82) is 0 Å². The molecule has 0 spiro atoms. The third-order valence-electron chi connectivity index (χ3n) is 3.89. The molecule has 2 heterocycles. The van der Waals surface area contributed by atoms with Crippen LogP contribution in [-0.4, -0.2) is 47.0 Å². The Morgan fingerprint density at radius 2 is 2.00 bits per heavy atom. The van der Waals surface area contributed by atoms with E-state index in [9.17, 15) is 9.18 Å². The lowest BCUT2D eigenvalue weighted by Gasteiger charge is -2.35. The molecule has 0 aliphatic carbocycles. The second kappa shape index (κ2) is 7.45. The first-order valence-electron chi connectivity index (χ1n) is 7.70. The van der Waals surface area contributed by atoms with E-state index < -0.39 is 0 Å². The van der Waals surface area contributed by atoms with Crippen LogP contribution in [0.1, 0.15) is 6.92 Å². The molecule has 6 nitrogen and oxygen atoms in total. The number of benzene rings is 1. The van der Waals surface area contributed by atoms with Crippen LogP contribution >= 0.6 is 23.4 Å². The summed E-state index contributed by atoms with van der Waals surface area (Å²) in [5.41, 5.74) is 5.75. The summed E-state index contributed by atoms with van der Waals surface area (Å²) >= 11 is 7.48. The highest BCUT2D eigenvalue weighted by atomic mass is 35.5. The number of carbonyl (C=O) groups is 1. The van der Waals surface area contributed by atoms with Gasteiger partial charge in [-0.3, -0.25) is 4.79 Å². The molecule has 1 aromatic heterocycles. The second-order valence-corrected chi connectivity index (χ2v) is 7.08. The number of hydrogen-bond acceptors (Lipinski definition) is 6. The molecule has 2 N–H and O–H groups in total. The number of nitrogens with two attached hydrogens (primary N) is 1. The third kappa shape index (κ3) is 4.13. The number of carbonyl (C=O) groups excluding carboxylic acids is 1. The standard InChI is InChI=1S/C16H17ClFN5OS/c1-10(24)22-4-6-23(7-5-22)15-14(9-20-16(19)21-15)25-13-3-2-11(18)8-12(13)17/h2-3,8-9H,4-7H2,1H3,(H2,19,20,21). The van der Waals surface area contributed by atoms with Crippen LogP contribution in [0.4, 0.5) is 16.2 Å². The fourth-order valence-electron chi connectivity index (χ4n) is 2.58. The highest BCUT2D eigenvalue weighted by Gasteiger charge is 2.23. The monoisotopic (exact) mass is 381 g/mol. The van der Waals surface area contributed by atoms with Crippen LogP contribution in [0, 0.1) is 5.82 Å². The summed E-state index contributed by atoms with van der Waals surface area (Å²) in [6.45, 7) is 4.12. The van der Waals surface area contributed by atoms with E-state index in [2.05, 4.69) is 14.9 Å². The number of nitrogens with zero attached hydrogens (tertiary/aromatic N) is 4. The predicted molar refractivity (Wildman–Crippen MR) is 96.4 cm³/mol. The van der Waals surface area contributed by atoms with Gasteiger partial charge in [0.15, 0.2) is 0 Å². The molecule has 9 heteroatoms. The zero-order chi connectivity index (χ0) is 18.0. The summed E-state index contributed by atoms with van der Waals surface area (Å²) < 4.78 is 13.2. The van der Waals surface area contributed by atoms with E-state index in [1.807, 2.05) is 0 Å². The van der Waals surface area contributed by atoms with Crippen LogP contribution in [0.3, 0.4) is 0 Å². The molecule has 1 saturated heterocycles. The van der Waals surface area contributed by atoms with Gasteiger partial charge in [0, 0.05) is 44.2 Å². The molecule has 25 heavy (non-hydrogen) atoms. The molecule has 2 aromatic rings. The van der Waals surface area contributed by atoms with Gasteiger partial charge in [0.2, 0.25) is 11.9 Å². The lowest BCUT2D eigenvalue weighted by atomic mass is 10.3.